The molecule has 3 aromatic rings. The number of fused-ring (bicyclic) bond motifs is 1. The monoisotopic (exact) mass is 245 g/mol. The highest BCUT2D eigenvalue weighted by molar-refractivity contribution is 5.64. The Bertz CT molecular complexity index is 686. The Kier molecular flexibility index (Phi) is 2.33. The molecule has 0 aliphatic carbocycles. The highest BCUT2D eigenvalue weighted by Crippen LogP contribution is 2.15. The van der Waals surface area contributed by atoms with E-state index in [9.17, 15) is 0 Å². The Balaban J connectivity index is 1.87. The van der Waals surface area contributed by atoms with Crippen molar-refractivity contribution in [3.63, 3.8) is 0 Å². The number of hydrogen-bond donors (Lipinski definition) is 2. The fourth-order valence-corrected chi connectivity index (χ4v) is 1.64. The predicted molar refractivity (Wildman–Crippen MR) is 63.8 cm³/mol. The van der Waals surface area contributed by atoms with Gasteiger partial charge in [0.15, 0.2) is 17.3 Å². The van der Waals surface area contributed by atoms with E-state index in [1.54, 1.807) is 29.9 Å². The first-order valence-electron chi connectivity index (χ1n) is 5.34. The van der Waals surface area contributed by atoms with Gasteiger partial charge in [-0.1, -0.05) is 5.16 Å². The van der Waals surface area contributed by atoms with Crippen LogP contribution >= 0.6 is 0 Å². The first-order chi connectivity index (χ1) is 8.72. The maximum atomic E-state index is 5.71. The smallest absolute Gasteiger partial charge is 0.245 e. The zero-order valence-corrected chi connectivity index (χ0v) is 9.66. The Labute approximate surface area is 102 Å². The third kappa shape index (κ3) is 1.83. The van der Waals surface area contributed by atoms with Crippen LogP contribution in [0.3, 0.4) is 0 Å². The molecule has 0 unspecified atom stereocenters. The summed E-state index contributed by atoms with van der Waals surface area (Å²) in [5.41, 5.74) is 6.40. The number of rotatable bonds is 3. The normalized spacial score (nSPS) is 10.9. The highest BCUT2D eigenvalue weighted by Gasteiger charge is 2.08. The average Bonchev–Trinajstić information content (AvgIpc) is 2.94. The van der Waals surface area contributed by atoms with Crippen LogP contribution in [0.15, 0.2) is 23.1 Å². The predicted octanol–water partition coefficient (Wildman–Crippen LogP) is 0.615. The minimum atomic E-state index is 0.375. The molecule has 0 spiro atoms. The van der Waals surface area contributed by atoms with Gasteiger partial charge in [0, 0.05) is 12.4 Å². The van der Waals surface area contributed by atoms with E-state index < -0.39 is 0 Å². The molecule has 92 valence electrons. The van der Waals surface area contributed by atoms with Gasteiger partial charge in [-0.05, 0) is 6.92 Å². The van der Waals surface area contributed by atoms with Gasteiger partial charge in [-0.3, -0.25) is 0 Å². The average molecular weight is 245 g/mol. The molecular weight excluding hydrogens is 234 g/mol. The van der Waals surface area contributed by atoms with Crippen LogP contribution in [0, 0.1) is 6.92 Å². The van der Waals surface area contributed by atoms with Crippen molar-refractivity contribution in [1.29, 1.82) is 0 Å². The third-order valence-corrected chi connectivity index (χ3v) is 2.37. The number of nitrogen functional groups attached to an aromatic ring is 1. The summed E-state index contributed by atoms with van der Waals surface area (Å²) in [5.74, 6) is 2.07. The van der Waals surface area contributed by atoms with Crippen molar-refractivity contribution in [3.8, 4) is 0 Å². The molecule has 8 nitrogen and oxygen atoms in total. The fourth-order valence-electron chi connectivity index (χ4n) is 1.64. The molecule has 8 heteroatoms. The second-order valence-corrected chi connectivity index (χ2v) is 3.76. The highest BCUT2D eigenvalue weighted by atomic mass is 16.5. The van der Waals surface area contributed by atoms with Crippen LogP contribution in [0.5, 0.6) is 0 Å². The number of hydrogen-bond acceptors (Lipinski definition) is 7. The number of nitrogens with one attached hydrogen (secondary N) is 1. The van der Waals surface area contributed by atoms with Crippen molar-refractivity contribution in [2.75, 3.05) is 11.1 Å². The van der Waals surface area contributed by atoms with Crippen LogP contribution in [-0.2, 0) is 6.54 Å². The maximum absolute atomic E-state index is 5.71. The molecule has 0 aliphatic rings. The van der Waals surface area contributed by atoms with Crippen molar-refractivity contribution in [2.45, 2.75) is 13.5 Å². The molecule has 0 amide bonds. The van der Waals surface area contributed by atoms with Crippen molar-refractivity contribution in [3.05, 3.63) is 30.3 Å². The SMILES string of the molecule is Cc1noc(CNc2nc(N)cn3ccnc23)n1. The molecule has 3 heterocycles. The lowest BCUT2D eigenvalue weighted by Crippen LogP contribution is -2.06. The number of nitrogens with two attached hydrogens (primary N) is 1. The van der Waals surface area contributed by atoms with Crippen LogP contribution in [0.4, 0.5) is 11.6 Å². The van der Waals surface area contributed by atoms with Crippen LogP contribution < -0.4 is 11.1 Å². The molecular formula is C10H11N7O. The fraction of sp³-hybridized carbons (Fsp3) is 0.200. The maximum Gasteiger partial charge on any atom is 0.245 e. The summed E-state index contributed by atoms with van der Waals surface area (Å²) in [6, 6.07) is 0. The van der Waals surface area contributed by atoms with Crippen molar-refractivity contribution in [1.82, 2.24) is 24.5 Å². The molecule has 0 saturated heterocycles. The molecule has 3 aromatic heterocycles. The molecule has 0 aliphatic heterocycles. The summed E-state index contributed by atoms with van der Waals surface area (Å²) in [7, 11) is 0. The van der Waals surface area contributed by atoms with Gasteiger partial charge in [0.1, 0.15) is 5.82 Å². The van der Waals surface area contributed by atoms with E-state index in [-0.39, 0.29) is 0 Å². The quantitative estimate of drug-likeness (QED) is 0.696. The number of anilines is 2. The van der Waals surface area contributed by atoms with E-state index in [0.717, 1.165) is 0 Å². The van der Waals surface area contributed by atoms with Crippen LogP contribution in [-0.4, -0.2) is 24.5 Å². The first kappa shape index (κ1) is 10.5. The molecule has 0 fully saturated rings. The van der Waals surface area contributed by atoms with Gasteiger partial charge >= 0.3 is 0 Å². The lowest BCUT2D eigenvalue weighted by atomic mass is 10.5. The Morgan fingerprint density at radius 2 is 2.33 bits per heavy atom. The summed E-state index contributed by atoms with van der Waals surface area (Å²) in [6.07, 6.45) is 5.18. The molecule has 3 rings (SSSR count). The third-order valence-electron chi connectivity index (χ3n) is 2.37. The standard InChI is InChI=1S/C10H11N7O/c1-6-14-8(18-16-6)4-13-9-10-12-2-3-17(10)5-7(11)15-9/h2-3,5H,4,11H2,1H3,(H,13,15). The summed E-state index contributed by atoms with van der Waals surface area (Å²) >= 11 is 0. The number of nitrogens with zero attached hydrogens (tertiary/aromatic N) is 5. The zero-order chi connectivity index (χ0) is 12.5. The summed E-state index contributed by atoms with van der Waals surface area (Å²) in [6.45, 7) is 2.14. The van der Waals surface area contributed by atoms with Crippen molar-refractivity contribution in [2.24, 2.45) is 0 Å². The van der Waals surface area contributed by atoms with Gasteiger partial charge in [-0.15, -0.1) is 0 Å². The van der Waals surface area contributed by atoms with Crippen LogP contribution in [0.2, 0.25) is 0 Å². The lowest BCUT2D eigenvalue weighted by Gasteiger charge is -2.05. The van der Waals surface area contributed by atoms with Gasteiger partial charge in [-0.25, -0.2) is 9.97 Å². The van der Waals surface area contributed by atoms with E-state index in [4.69, 9.17) is 10.3 Å². The molecule has 0 aromatic carbocycles. The Hall–Kier alpha value is -2.64. The van der Waals surface area contributed by atoms with Crippen LogP contribution in [0.1, 0.15) is 11.7 Å². The molecule has 0 saturated carbocycles. The van der Waals surface area contributed by atoms with Crippen LogP contribution in [0.25, 0.3) is 5.65 Å². The van der Waals surface area contributed by atoms with Gasteiger partial charge in [0.05, 0.1) is 12.7 Å². The minimum absolute atomic E-state index is 0.375. The second kappa shape index (κ2) is 3.99. The lowest BCUT2D eigenvalue weighted by molar-refractivity contribution is 0.379. The Morgan fingerprint density at radius 3 is 3.11 bits per heavy atom. The van der Waals surface area contributed by atoms with Crippen molar-refractivity contribution >= 4 is 17.3 Å². The van der Waals surface area contributed by atoms with E-state index in [1.807, 2.05) is 0 Å². The molecule has 18 heavy (non-hydrogen) atoms. The number of imidazole rings is 1. The zero-order valence-electron chi connectivity index (χ0n) is 9.66. The largest absolute Gasteiger partial charge is 0.382 e. The van der Waals surface area contributed by atoms with Gasteiger partial charge in [0.2, 0.25) is 5.89 Å². The van der Waals surface area contributed by atoms with Gasteiger partial charge in [-0.2, -0.15) is 4.98 Å². The van der Waals surface area contributed by atoms with E-state index in [0.29, 0.717) is 35.5 Å². The molecule has 0 radical (unpaired) electrons. The number of aryl methyl sites for hydroxylation is 1. The minimum Gasteiger partial charge on any atom is -0.382 e. The number of aromatic nitrogens is 5. The van der Waals surface area contributed by atoms with E-state index >= 15 is 0 Å². The molecule has 0 bridgehead atoms. The summed E-state index contributed by atoms with van der Waals surface area (Å²) in [4.78, 5) is 12.5. The second-order valence-electron chi connectivity index (χ2n) is 3.76. The summed E-state index contributed by atoms with van der Waals surface area (Å²) < 4.78 is 6.80. The molecule has 3 N–H and O–H groups in total. The molecule has 0 atom stereocenters. The van der Waals surface area contributed by atoms with Crippen molar-refractivity contribution < 1.29 is 4.52 Å². The Morgan fingerprint density at radius 1 is 1.44 bits per heavy atom. The van der Waals surface area contributed by atoms with E-state index in [2.05, 4.69) is 25.4 Å². The van der Waals surface area contributed by atoms with Gasteiger partial charge < -0.3 is 20.0 Å². The van der Waals surface area contributed by atoms with E-state index in [1.165, 1.54) is 0 Å². The van der Waals surface area contributed by atoms with Gasteiger partial charge in [0.25, 0.3) is 0 Å². The summed E-state index contributed by atoms with van der Waals surface area (Å²) in [5, 5.41) is 6.78. The first-order valence-corrected chi connectivity index (χ1v) is 5.34. The topological polar surface area (TPSA) is 107 Å².